The summed E-state index contributed by atoms with van der Waals surface area (Å²) in [6.07, 6.45) is 2.75. The van der Waals surface area contributed by atoms with Crippen LogP contribution < -0.4 is 5.32 Å². The lowest BCUT2D eigenvalue weighted by atomic mass is 10.1. The number of aromatic nitrogens is 2. The highest BCUT2D eigenvalue weighted by atomic mass is 32.2. The molecule has 5 nitrogen and oxygen atoms in total. The molecule has 0 saturated carbocycles. The molecule has 3 rings (SSSR count). The molecule has 0 aliphatic heterocycles. The Morgan fingerprint density at radius 2 is 1.88 bits per heavy atom. The van der Waals surface area contributed by atoms with Crippen LogP contribution in [0.2, 0.25) is 0 Å². The normalized spacial score (nSPS) is 11.9. The number of amides is 1. The van der Waals surface area contributed by atoms with Gasteiger partial charge in [-0.25, -0.2) is 0 Å². The molecular weight excluding hydrogens is 346 g/mol. The molecular formula is C20H21N3O2S. The molecule has 0 aliphatic carbocycles. The van der Waals surface area contributed by atoms with Gasteiger partial charge in [0.2, 0.25) is 11.7 Å². The highest BCUT2D eigenvalue weighted by Gasteiger charge is 2.22. The van der Waals surface area contributed by atoms with Crippen LogP contribution in [0.5, 0.6) is 0 Å². The van der Waals surface area contributed by atoms with Gasteiger partial charge in [-0.2, -0.15) is 16.7 Å². The summed E-state index contributed by atoms with van der Waals surface area (Å²) in [7, 11) is 0. The molecule has 1 atom stereocenters. The SMILES string of the molecule is CSCC[C@H](NC(=O)c1ccccc1)c1nc(-c2ccc(C)cc2)no1. The standard InChI is InChI=1S/C20H21N3O2S/c1-14-8-10-15(11-9-14)18-22-20(25-23-18)17(12-13-26-2)21-19(24)16-6-4-3-5-7-16/h3-11,17H,12-13H2,1-2H3,(H,21,24)/t17-/m0/s1. The molecule has 1 heterocycles. The minimum atomic E-state index is -0.318. The molecule has 0 aliphatic rings. The Kier molecular flexibility index (Phi) is 6.07. The molecule has 0 saturated heterocycles. The number of benzene rings is 2. The summed E-state index contributed by atoms with van der Waals surface area (Å²) >= 11 is 1.71. The lowest BCUT2D eigenvalue weighted by Crippen LogP contribution is -2.29. The summed E-state index contributed by atoms with van der Waals surface area (Å²) in [4.78, 5) is 17.0. The number of thioether (sulfide) groups is 1. The topological polar surface area (TPSA) is 68.0 Å². The molecule has 134 valence electrons. The Morgan fingerprint density at radius 1 is 1.15 bits per heavy atom. The van der Waals surface area contributed by atoms with Gasteiger partial charge in [0.05, 0.1) is 0 Å². The van der Waals surface area contributed by atoms with Crippen LogP contribution in [0.15, 0.2) is 59.1 Å². The average Bonchev–Trinajstić information content (AvgIpc) is 3.16. The number of hydrogen-bond donors (Lipinski definition) is 1. The predicted octanol–water partition coefficient (Wildman–Crippen LogP) is 4.27. The number of carbonyl (C=O) groups is 1. The van der Waals surface area contributed by atoms with Gasteiger partial charge in [-0.05, 0) is 37.5 Å². The first-order valence-corrected chi connectivity index (χ1v) is 9.82. The molecule has 0 spiro atoms. The lowest BCUT2D eigenvalue weighted by Gasteiger charge is -2.14. The second kappa shape index (κ2) is 8.67. The van der Waals surface area contributed by atoms with E-state index in [1.165, 1.54) is 5.56 Å². The molecule has 0 unspecified atom stereocenters. The smallest absolute Gasteiger partial charge is 0.251 e. The monoisotopic (exact) mass is 367 g/mol. The van der Waals surface area contributed by atoms with E-state index >= 15 is 0 Å². The summed E-state index contributed by atoms with van der Waals surface area (Å²) in [6.45, 7) is 2.03. The van der Waals surface area contributed by atoms with Crippen molar-refractivity contribution in [1.29, 1.82) is 0 Å². The van der Waals surface area contributed by atoms with Crippen molar-refractivity contribution in [3.63, 3.8) is 0 Å². The van der Waals surface area contributed by atoms with Crippen molar-refractivity contribution in [2.45, 2.75) is 19.4 Å². The third-order valence-electron chi connectivity index (χ3n) is 4.00. The van der Waals surface area contributed by atoms with Gasteiger partial charge in [-0.1, -0.05) is 53.2 Å². The maximum absolute atomic E-state index is 12.5. The number of hydrogen-bond acceptors (Lipinski definition) is 5. The van der Waals surface area contributed by atoms with Crippen LogP contribution in [0.3, 0.4) is 0 Å². The Morgan fingerprint density at radius 3 is 2.58 bits per heavy atom. The van der Waals surface area contributed by atoms with Gasteiger partial charge in [-0.15, -0.1) is 0 Å². The number of nitrogens with zero attached hydrogens (tertiary/aromatic N) is 2. The molecule has 1 amide bonds. The Balaban J connectivity index is 1.79. The van der Waals surface area contributed by atoms with E-state index in [9.17, 15) is 4.79 Å². The lowest BCUT2D eigenvalue weighted by molar-refractivity contribution is 0.0927. The van der Waals surface area contributed by atoms with Crippen LogP contribution in [0.1, 0.15) is 34.3 Å². The van der Waals surface area contributed by atoms with Crippen molar-refractivity contribution in [2.24, 2.45) is 0 Å². The third kappa shape index (κ3) is 4.52. The van der Waals surface area contributed by atoms with Gasteiger partial charge in [0.25, 0.3) is 5.91 Å². The minimum Gasteiger partial charge on any atom is -0.340 e. The van der Waals surface area contributed by atoms with Gasteiger partial charge < -0.3 is 9.84 Å². The van der Waals surface area contributed by atoms with Crippen LogP contribution >= 0.6 is 11.8 Å². The molecule has 0 fully saturated rings. The third-order valence-corrected chi connectivity index (χ3v) is 4.65. The van der Waals surface area contributed by atoms with Crippen molar-refractivity contribution in [3.8, 4) is 11.4 Å². The first-order valence-electron chi connectivity index (χ1n) is 8.43. The zero-order valence-electron chi connectivity index (χ0n) is 14.8. The van der Waals surface area contributed by atoms with Gasteiger partial charge in [0, 0.05) is 11.1 Å². The number of rotatable bonds is 7. The second-order valence-electron chi connectivity index (χ2n) is 6.00. The van der Waals surface area contributed by atoms with Gasteiger partial charge in [0.15, 0.2) is 0 Å². The van der Waals surface area contributed by atoms with Gasteiger partial charge >= 0.3 is 0 Å². The van der Waals surface area contributed by atoms with E-state index in [1.54, 1.807) is 23.9 Å². The quantitative estimate of drug-likeness (QED) is 0.675. The van der Waals surface area contributed by atoms with E-state index < -0.39 is 0 Å². The maximum Gasteiger partial charge on any atom is 0.251 e. The Bertz CT molecular complexity index is 847. The maximum atomic E-state index is 12.5. The first-order chi connectivity index (χ1) is 12.7. The Labute approximate surface area is 157 Å². The number of nitrogens with one attached hydrogen (secondary N) is 1. The fraction of sp³-hybridized carbons (Fsp3) is 0.250. The van der Waals surface area contributed by atoms with Crippen LogP contribution in [-0.2, 0) is 0 Å². The molecule has 2 aromatic carbocycles. The van der Waals surface area contributed by atoms with Crippen molar-refractivity contribution in [2.75, 3.05) is 12.0 Å². The van der Waals surface area contributed by atoms with Crippen LogP contribution in [0.4, 0.5) is 0 Å². The molecule has 0 bridgehead atoms. The van der Waals surface area contributed by atoms with Gasteiger partial charge in [-0.3, -0.25) is 4.79 Å². The average molecular weight is 367 g/mol. The van der Waals surface area contributed by atoms with Crippen molar-refractivity contribution in [1.82, 2.24) is 15.5 Å². The van der Waals surface area contributed by atoms with Crippen molar-refractivity contribution >= 4 is 17.7 Å². The van der Waals surface area contributed by atoms with Crippen molar-refractivity contribution < 1.29 is 9.32 Å². The molecule has 1 N–H and O–H groups in total. The molecule has 26 heavy (non-hydrogen) atoms. The zero-order valence-corrected chi connectivity index (χ0v) is 15.6. The Hall–Kier alpha value is -2.60. The molecule has 1 aromatic heterocycles. The van der Waals surface area contributed by atoms with E-state index in [4.69, 9.17) is 4.52 Å². The number of carbonyl (C=O) groups excluding carboxylic acids is 1. The van der Waals surface area contributed by atoms with E-state index in [0.717, 1.165) is 17.7 Å². The molecule has 6 heteroatoms. The van der Waals surface area contributed by atoms with Crippen LogP contribution in [0.25, 0.3) is 11.4 Å². The largest absolute Gasteiger partial charge is 0.340 e. The highest BCUT2D eigenvalue weighted by molar-refractivity contribution is 7.98. The summed E-state index contributed by atoms with van der Waals surface area (Å²) in [5.74, 6) is 1.69. The number of aryl methyl sites for hydroxylation is 1. The van der Waals surface area contributed by atoms with Crippen LogP contribution in [0, 0.1) is 6.92 Å². The van der Waals surface area contributed by atoms with E-state index in [1.807, 2.05) is 55.6 Å². The van der Waals surface area contributed by atoms with Crippen LogP contribution in [-0.4, -0.2) is 28.1 Å². The highest BCUT2D eigenvalue weighted by Crippen LogP contribution is 2.22. The fourth-order valence-electron chi connectivity index (χ4n) is 2.52. The van der Waals surface area contributed by atoms with Crippen molar-refractivity contribution in [3.05, 3.63) is 71.6 Å². The van der Waals surface area contributed by atoms with E-state index in [2.05, 4.69) is 15.5 Å². The minimum absolute atomic E-state index is 0.146. The second-order valence-corrected chi connectivity index (χ2v) is 6.98. The predicted molar refractivity (Wildman–Crippen MR) is 104 cm³/mol. The fourth-order valence-corrected chi connectivity index (χ4v) is 2.99. The first kappa shape index (κ1) is 18.2. The van der Waals surface area contributed by atoms with Gasteiger partial charge in [0.1, 0.15) is 6.04 Å². The summed E-state index contributed by atoms with van der Waals surface area (Å²) in [5, 5.41) is 7.09. The van der Waals surface area contributed by atoms with E-state index in [0.29, 0.717) is 17.3 Å². The summed E-state index contributed by atoms with van der Waals surface area (Å²) in [6, 6.07) is 16.8. The zero-order chi connectivity index (χ0) is 18.4. The van der Waals surface area contributed by atoms with E-state index in [-0.39, 0.29) is 11.9 Å². The molecule has 3 aromatic rings. The summed E-state index contributed by atoms with van der Waals surface area (Å²) < 4.78 is 5.46. The summed E-state index contributed by atoms with van der Waals surface area (Å²) in [5.41, 5.74) is 2.67. The molecule has 0 radical (unpaired) electrons.